The average Bonchev–Trinajstić information content (AvgIpc) is 3.15. The Morgan fingerprint density at radius 2 is 2.12 bits per heavy atom. The number of rotatable bonds is 5. The van der Waals surface area contributed by atoms with Crippen molar-refractivity contribution in [2.75, 3.05) is 27.3 Å². The minimum Gasteiger partial charge on any atom is -0.497 e. The Bertz CT molecular complexity index is 731. The third kappa shape index (κ3) is 4.17. The van der Waals surface area contributed by atoms with Crippen LogP contribution in [0.4, 0.5) is 0 Å². The number of carbonyl (C=O) groups excluding carboxylic acids is 1. The van der Waals surface area contributed by atoms with Crippen LogP contribution < -0.4 is 14.8 Å². The predicted octanol–water partition coefficient (Wildman–Crippen LogP) is 0.570. The normalized spacial score (nSPS) is 28.6. The fourth-order valence-corrected chi connectivity index (χ4v) is 4.58. The van der Waals surface area contributed by atoms with E-state index in [1.807, 2.05) is 0 Å². The third-order valence-electron chi connectivity index (χ3n) is 4.92. The van der Waals surface area contributed by atoms with Crippen molar-refractivity contribution in [2.24, 2.45) is 0 Å². The fourth-order valence-electron chi connectivity index (χ4n) is 3.30. The van der Waals surface area contributed by atoms with Crippen molar-refractivity contribution in [3.63, 3.8) is 0 Å². The minimum atomic E-state index is -3.75. The molecule has 2 saturated heterocycles. The number of methoxy groups -OCH3 is 1. The van der Waals surface area contributed by atoms with Crippen molar-refractivity contribution < 1.29 is 22.7 Å². The Morgan fingerprint density at radius 3 is 2.73 bits per heavy atom. The molecule has 26 heavy (non-hydrogen) atoms. The Kier molecular flexibility index (Phi) is 5.81. The maximum Gasteiger partial charge on any atom is 0.280 e. The van der Waals surface area contributed by atoms with Gasteiger partial charge in [0.25, 0.3) is 10.2 Å². The molecule has 0 spiro atoms. The van der Waals surface area contributed by atoms with Crippen LogP contribution in [0.15, 0.2) is 24.3 Å². The number of likely N-dealkylation sites (N-methyl/N-ethyl adjacent to an activating group) is 1. The molecule has 2 heterocycles. The highest BCUT2D eigenvalue weighted by atomic mass is 32.2. The van der Waals surface area contributed by atoms with Gasteiger partial charge in [0.2, 0.25) is 5.91 Å². The molecule has 3 unspecified atom stereocenters. The first-order chi connectivity index (χ1) is 12.4. The van der Waals surface area contributed by atoms with Crippen LogP contribution in [0.2, 0.25) is 0 Å². The lowest BCUT2D eigenvalue weighted by molar-refractivity contribution is -0.125. The number of amides is 1. The number of hydrogen-bond acceptors (Lipinski definition) is 5. The summed E-state index contributed by atoms with van der Waals surface area (Å²) in [6.45, 7) is 1.12. The number of carbonyl (C=O) groups is 1. The Hall–Kier alpha value is -1.68. The summed E-state index contributed by atoms with van der Waals surface area (Å²) in [5.41, 5.74) is 0.791. The smallest absolute Gasteiger partial charge is 0.280 e. The van der Waals surface area contributed by atoms with Crippen LogP contribution in [0.1, 0.15) is 30.9 Å². The van der Waals surface area contributed by atoms with Gasteiger partial charge in [-0.2, -0.15) is 17.4 Å². The van der Waals surface area contributed by atoms with Gasteiger partial charge in [0, 0.05) is 26.2 Å². The average molecular weight is 383 g/mol. The Labute approximate surface area is 154 Å². The lowest BCUT2D eigenvalue weighted by atomic mass is 9.99. The largest absolute Gasteiger partial charge is 0.497 e. The maximum absolute atomic E-state index is 12.6. The lowest BCUT2D eigenvalue weighted by Gasteiger charge is -2.36. The van der Waals surface area contributed by atoms with E-state index in [1.165, 1.54) is 7.05 Å². The van der Waals surface area contributed by atoms with E-state index in [4.69, 9.17) is 9.47 Å². The molecule has 2 aliphatic heterocycles. The van der Waals surface area contributed by atoms with Crippen LogP contribution in [0.5, 0.6) is 5.75 Å². The molecule has 8 nitrogen and oxygen atoms in total. The van der Waals surface area contributed by atoms with E-state index >= 15 is 0 Å². The van der Waals surface area contributed by atoms with Crippen LogP contribution >= 0.6 is 0 Å². The van der Waals surface area contributed by atoms with E-state index in [1.54, 1.807) is 31.4 Å². The van der Waals surface area contributed by atoms with Crippen LogP contribution in [0, 0.1) is 0 Å². The quantitative estimate of drug-likeness (QED) is 0.775. The maximum atomic E-state index is 12.6. The van der Waals surface area contributed by atoms with Crippen LogP contribution in [0.25, 0.3) is 0 Å². The van der Waals surface area contributed by atoms with Crippen molar-refractivity contribution >= 4 is 16.1 Å². The van der Waals surface area contributed by atoms with Crippen molar-refractivity contribution in [1.82, 2.24) is 14.3 Å². The zero-order chi connectivity index (χ0) is 18.7. The summed E-state index contributed by atoms with van der Waals surface area (Å²) in [6, 6.07) is 5.91. The number of ether oxygens (including phenoxy) is 2. The molecule has 0 aliphatic carbocycles. The van der Waals surface area contributed by atoms with Crippen molar-refractivity contribution in [2.45, 2.75) is 37.5 Å². The molecule has 0 radical (unpaired) electrons. The molecule has 144 valence electrons. The topological polar surface area (TPSA) is 97.0 Å². The molecule has 1 aromatic carbocycles. The monoisotopic (exact) mass is 383 g/mol. The summed E-state index contributed by atoms with van der Waals surface area (Å²) in [6.07, 6.45) is 2.26. The van der Waals surface area contributed by atoms with Gasteiger partial charge in [-0.05, 0) is 37.0 Å². The molecule has 0 aromatic heterocycles. The molecular formula is C17H25N3O5S. The first-order valence-electron chi connectivity index (χ1n) is 8.69. The van der Waals surface area contributed by atoms with Gasteiger partial charge in [0.05, 0.1) is 13.2 Å². The number of hydrogen-bond donors (Lipinski definition) is 2. The second kappa shape index (κ2) is 7.91. The second-order valence-corrected chi connectivity index (χ2v) is 8.36. The first kappa shape index (κ1) is 19.1. The van der Waals surface area contributed by atoms with E-state index in [9.17, 15) is 13.2 Å². The molecular weight excluding hydrogens is 358 g/mol. The fraction of sp³-hybridized carbons (Fsp3) is 0.588. The van der Waals surface area contributed by atoms with Crippen LogP contribution in [0.3, 0.4) is 0 Å². The van der Waals surface area contributed by atoms with E-state index in [2.05, 4.69) is 10.0 Å². The van der Waals surface area contributed by atoms with E-state index in [-0.39, 0.29) is 12.0 Å². The van der Waals surface area contributed by atoms with Gasteiger partial charge in [-0.3, -0.25) is 4.79 Å². The second-order valence-electron chi connectivity index (χ2n) is 6.60. The number of benzene rings is 1. The highest BCUT2D eigenvalue weighted by molar-refractivity contribution is 7.87. The Balaban J connectivity index is 1.71. The molecule has 2 N–H and O–H groups in total. The van der Waals surface area contributed by atoms with E-state index in [0.717, 1.165) is 22.7 Å². The number of nitrogens with zero attached hydrogens (tertiary/aromatic N) is 1. The molecule has 9 heteroatoms. The highest BCUT2D eigenvalue weighted by Gasteiger charge is 2.40. The molecule has 2 aliphatic rings. The van der Waals surface area contributed by atoms with Crippen LogP contribution in [-0.4, -0.2) is 58.1 Å². The van der Waals surface area contributed by atoms with Crippen LogP contribution in [-0.2, 0) is 19.7 Å². The van der Waals surface area contributed by atoms with Gasteiger partial charge < -0.3 is 14.8 Å². The van der Waals surface area contributed by atoms with Gasteiger partial charge in [0.15, 0.2) is 0 Å². The molecule has 3 rings (SSSR count). The first-order valence-corrected chi connectivity index (χ1v) is 10.1. The van der Waals surface area contributed by atoms with E-state index in [0.29, 0.717) is 25.3 Å². The molecule has 1 amide bonds. The number of nitrogens with one attached hydrogen (secondary N) is 2. The van der Waals surface area contributed by atoms with Gasteiger partial charge in [0.1, 0.15) is 11.8 Å². The molecule has 3 atom stereocenters. The summed E-state index contributed by atoms with van der Waals surface area (Å²) in [5, 5.41) is 2.83. The molecule has 0 saturated carbocycles. The van der Waals surface area contributed by atoms with Gasteiger partial charge >= 0.3 is 0 Å². The summed E-state index contributed by atoms with van der Waals surface area (Å²) in [4.78, 5) is 12.6. The summed E-state index contributed by atoms with van der Waals surface area (Å²) in [5.74, 6) is 0.391. The van der Waals surface area contributed by atoms with Gasteiger partial charge in [-0.1, -0.05) is 12.1 Å². The molecule has 2 fully saturated rings. The zero-order valence-corrected chi connectivity index (χ0v) is 15.8. The summed E-state index contributed by atoms with van der Waals surface area (Å²) >= 11 is 0. The standard InChI is InChI=1S/C17H25N3O5S/c1-20-16(17(21)18-11-14-4-3-9-25-14)10-15(19-26(20,22)23)12-5-7-13(24-2)8-6-12/h5-8,14-16,19H,3-4,9-11H2,1-2H3,(H,18,21). The summed E-state index contributed by atoms with van der Waals surface area (Å²) in [7, 11) is -0.755. The highest BCUT2D eigenvalue weighted by Crippen LogP contribution is 2.29. The lowest BCUT2D eigenvalue weighted by Crippen LogP contribution is -2.57. The molecule has 0 bridgehead atoms. The molecule has 1 aromatic rings. The Morgan fingerprint density at radius 1 is 1.38 bits per heavy atom. The predicted molar refractivity (Wildman–Crippen MR) is 95.9 cm³/mol. The summed E-state index contributed by atoms with van der Waals surface area (Å²) < 4.78 is 39.3. The van der Waals surface area contributed by atoms with E-state index < -0.39 is 22.3 Å². The van der Waals surface area contributed by atoms with Gasteiger partial charge in [-0.15, -0.1) is 0 Å². The zero-order valence-electron chi connectivity index (χ0n) is 15.0. The van der Waals surface area contributed by atoms with Gasteiger partial charge in [-0.25, -0.2) is 0 Å². The SMILES string of the molecule is COc1ccc(C2CC(C(=O)NCC3CCCO3)N(C)S(=O)(=O)N2)cc1. The van der Waals surface area contributed by atoms with Crippen molar-refractivity contribution in [3.8, 4) is 5.75 Å². The van der Waals surface area contributed by atoms with Crippen molar-refractivity contribution in [1.29, 1.82) is 0 Å². The minimum absolute atomic E-state index is 0.0139. The van der Waals surface area contributed by atoms with Crippen molar-refractivity contribution in [3.05, 3.63) is 29.8 Å². The third-order valence-corrected chi connectivity index (χ3v) is 6.51.